The van der Waals surface area contributed by atoms with Gasteiger partial charge in [-0.05, 0) is 25.5 Å². The lowest BCUT2D eigenvalue weighted by atomic mass is 10.2. The van der Waals surface area contributed by atoms with Crippen molar-refractivity contribution in [1.29, 1.82) is 0 Å². The molecule has 6 heteroatoms. The molecule has 2 heterocycles. The van der Waals surface area contributed by atoms with Gasteiger partial charge in [-0.2, -0.15) is 0 Å². The summed E-state index contributed by atoms with van der Waals surface area (Å²) in [5, 5.41) is 0. The van der Waals surface area contributed by atoms with Crippen molar-refractivity contribution in [1.82, 2.24) is 9.88 Å². The summed E-state index contributed by atoms with van der Waals surface area (Å²) in [6, 6.07) is 5.10. The van der Waals surface area contributed by atoms with Crippen LogP contribution in [0, 0.1) is 0 Å². The third-order valence-electron chi connectivity index (χ3n) is 2.73. The molecule has 5 nitrogen and oxygen atoms in total. The van der Waals surface area contributed by atoms with E-state index < -0.39 is 0 Å². The Morgan fingerprint density at radius 3 is 3.06 bits per heavy atom. The van der Waals surface area contributed by atoms with Crippen molar-refractivity contribution >= 4 is 24.1 Å². The van der Waals surface area contributed by atoms with E-state index in [0.717, 1.165) is 6.42 Å². The van der Waals surface area contributed by atoms with Crippen LogP contribution in [-0.4, -0.2) is 41.6 Å². The van der Waals surface area contributed by atoms with Gasteiger partial charge in [-0.15, -0.1) is 12.4 Å². The molecule has 1 atom stereocenters. The van der Waals surface area contributed by atoms with Crippen molar-refractivity contribution in [3.05, 3.63) is 23.9 Å². The third kappa shape index (κ3) is 3.58. The molecule has 0 spiro atoms. The summed E-state index contributed by atoms with van der Waals surface area (Å²) < 4.78 is 5.50. The Morgan fingerprint density at radius 2 is 2.33 bits per heavy atom. The van der Waals surface area contributed by atoms with Gasteiger partial charge in [0.15, 0.2) is 0 Å². The maximum atomic E-state index is 12.2. The molecule has 1 aromatic rings. The number of hydrogen-bond acceptors (Lipinski definition) is 4. The van der Waals surface area contributed by atoms with Gasteiger partial charge >= 0.3 is 0 Å². The number of nitrogen functional groups attached to an aromatic ring is 1. The maximum Gasteiger partial charge on any atom is 0.272 e. The number of hydrogen-bond donors (Lipinski definition) is 1. The summed E-state index contributed by atoms with van der Waals surface area (Å²) in [6.07, 6.45) is 0.931. The van der Waals surface area contributed by atoms with E-state index in [9.17, 15) is 4.79 Å². The first-order valence-electron chi connectivity index (χ1n) is 5.80. The van der Waals surface area contributed by atoms with E-state index in [1.807, 2.05) is 6.92 Å². The average Bonchev–Trinajstić information content (AvgIpc) is 2.53. The quantitative estimate of drug-likeness (QED) is 0.837. The van der Waals surface area contributed by atoms with Crippen molar-refractivity contribution < 1.29 is 9.53 Å². The second kappa shape index (κ2) is 6.56. The van der Waals surface area contributed by atoms with Gasteiger partial charge in [0.25, 0.3) is 5.91 Å². The van der Waals surface area contributed by atoms with Crippen LogP contribution in [0.5, 0.6) is 0 Å². The summed E-state index contributed by atoms with van der Waals surface area (Å²) in [5.41, 5.74) is 5.98. The number of nitrogens with two attached hydrogens (primary N) is 1. The number of carbonyl (C=O) groups is 1. The highest BCUT2D eigenvalue weighted by Gasteiger charge is 2.21. The van der Waals surface area contributed by atoms with Crippen molar-refractivity contribution in [2.24, 2.45) is 0 Å². The maximum absolute atomic E-state index is 12.2. The zero-order valence-corrected chi connectivity index (χ0v) is 11.2. The first-order chi connectivity index (χ1) is 8.16. The van der Waals surface area contributed by atoms with Crippen molar-refractivity contribution in [2.45, 2.75) is 19.4 Å². The lowest BCUT2D eigenvalue weighted by Gasteiger charge is -2.21. The number of pyridine rings is 1. The van der Waals surface area contributed by atoms with Crippen LogP contribution >= 0.6 is 12.4 Å². The molecule has 0 aliphatic carbocycles. The Labute approximate surface area is 113 Å². The Bertz CT molecular complexity index is 414. The number of halogens is 1. The normalized spacial score (nSPS) is 19.8. The van der Waals surface area contributed by atoms with E-state index in [1.54, 1.807) is 23.1 Å². The van der Waals surface area contributed by atoms with Gasteiger partial charge in [0, 0.05) is 19.7 Å². The number of anilines is 1. The average molecular weight is 272 g/mol. The zero-order valence-electron chi connectivity index (χ0n) is 10.3. The van der Waals surface area contributed by atoms with Gasteiger partial charge < -0.3 is 15.4 Å². The number of amides is 1. The molecule has 100 valence electrons. The lowest BCUT2D eigenvalue weighted by molar-refractivity contribution is 0.0559. The van der Waals surface area contributed by atoms with Crippen molar-refractivity contribution in [3.63, 3.8) is 0 Å². The van der Waals surface area contributed by atoms with Crippen LogP contribution in [0.15, 0.2) is 18.2 Å². The smallest absolute Gasteiger partial charge is 0.272 e. The molecular weight excluding hydrogens is 254 g/mol. The minimum Gasteiger partial charge on any atom is -0.384 e. The predicted molar refractivity (Wildman–Crippen MR) is 71.8 cm³/mol. The second-order valence-electron chi connectivity index (χ2n) is 4.23. The number of rotatable bonds is 1. The van der Waals surface area contributed by atoms with E-state index in [0.29, 0.717) is 31.2 Å². The molecule has 0 saturated carbocycles. The van der Waals surface area contributed by atoms with E-state index in [-0.39, 0.29) is 24.4 Å². The number of carbonyl (C=O) groups excluding carboxylic acids is 1. The molecule has 2 rings (SSSR count). The molecule has 0 radical (unpaired) electrons. The zero-order chi connectivity index (χ0) is 12.3. The Kier molecular flexibility index (Phi) is 5.37. The van der Waals surface area contributed by atoms with Crippen LogP contribution in [0.1, 0.15) is 23.8 Å². The first kappa shape index (κ1) is 14.7. The fraction of sp³-hybridized carbons (Fsp3) is 0.500. The van der Waals surface area contributed by atoms with Crippen LogP contribution in [-0.2, 0) is 4.74 Å². The van der Waals surface area contributed by atoms with Gasteiger partial charge in [-0.1, -0.05) is 6.07 Å². The monoisotopic (exact) mass is 271 g/mol. The summed E-state index contributed by atoms with van der Waals surface area (Å²) in [4.78, 5) is 18.0. The molecule has 1 aliphatic rings. The van der Waals surface area contributed by atoms with E-state index in [2.05, 4.69) is 4.98 Å². The van der Waals surface area contributed by atoms with Crippen LogP contribution in [0.3, 0.4) is 0 Å². The topological polar surface area (TPSA) is 68.5 Å². The fourth-order valence-electron chi connectivity index (χ4n) is 1.91. The highest BCUT2D eigenvalue weighted by Crippen LogP contribution is 2.10. The van der Waals surface area contributed by atoms with Crippen LogP contribution in [0.25, 0.3) is 0 Å². The molecule has 1 aromatic heterocycles. The van der Waals surface area contributed by atoms with Gasteiger partial charge in [0.05, 0.1) is 6.10 Å². The predicted octanol–water partition coefficient (Wildman–Crippen LogP) is 1.34. The lowest BCUT2D eigenvalue weighted by Crippen LogP contribution is -2.36. The molecule has 1 amide bonds. The van der Waals surface area contributed by atoms with E-state index in [4.69, 9.17) is 10.5 Å². The van der Waals surface area contributed by atoms with Crippen LogP contribution < -0.4 is 5.73 Å². The fourth-order valence-corrected chi connectivity index (χ4v) is 1.91. The summed E-state index contributed by atoms with van der Waals surface area (Å²) in [5.74, 6) is 0.296. The molecule has 1 aliphatic heterocycles. The largest absolute Gasteiger partial charge is 0.384 e. The van der Waals surface area contributed by atoms with E-state index in [1.165, 1.54) is 0 Å². The molecule has 18 heavy (non-hydrogen) atoms. The Morgan fingerprint density at radius 1 is 1.56 bits per heavy atom. The molecule has 0 bridgehead atoms. The summed E-state index contributed by atoms with van der Waals surface area (Å²) >= 11 is 0. The van der Waals surface area contributed by atoms with Gasteiger partial charge in [0.2, 0.25) is 0 Å². The van der Waals surface area contributed by atoms with Gasteiger partial charge in [0.1, 0.15) is 11.5 Å². The molecule has 2 N–H and O–H groups in total. The summed E-state index contributed by atoms with van der Waals surface area (Å²) in [7, 11) is 0. The highest BCUT2D eigenvalue weighted by atomic mass is 35.5. The first-order valence-corrected chi connectivity index (χ1v) is 5.80. The van der Waals surface area contributed by atoms with Crippen LogP contribution in [0.4, 0.5) is 5.82 Å². The third-order valence-corrected chi connectivity index (χ3v) is 2.73. The van der Waals surface area contributed by atoms with E-state index >= 15 is 0 Å². The number of nitrogens with zero attached hydrogens (tertiary/aromatic N) is 2. The molecule has 0 aromatic carbocycles. The number of ether oxygens (including phenoxy) is 1. The Balaban J connectivity index is 0.00000162. The minimum atomic E-state index is -0.0744. The molecule has 1 saturated heterocycles. The second-order valence-corrected chi connectivity index (χ2v) is 4.23. The Hall–Kier alpha value is -1.33. The van der Waals surface area contributed by atoms with Crippen molar-refractivity contribution in [2.75, 3.05) is 25.4 Å². The van der Waals surface area contributed by atoms with Crippen LogP contribution in [0.2, 0.25) is 0 Å². The summed E-state index contributed by atoms with van der Waals surface area (Å²) in [6.45, 7) is 3.99. The van der Waals surface area contributed by atoms with Crippen molar-refractivity contribution in [3.8, 4) is 0 Å². The SMILES string of the molecule is CC1CN(C(=O)c2cccc(N)n2)CCCO1.Cl. The number of aromatic nitrogens is 1. The minimum absolute atomic E-state index is 0. The molecule has 1 fully saturated rings. The highest BCUT2D eigenvalue weighted by molar-refractivity contribution is 5.92. The molecule has 1 unspecified atom stereocenters. The van der Waals surface area contributed by atoms with Gasteiger partial charge in [-0.3, -0.25) is 4.79 Å². The standard InChI is InChI=1S/C12H17N3O2.ClH/c1-9-8-15(6-3-7-17-9)12(16)10-4-2-5-11(13)14-10;/h2,4-5,9H,3,6-8H2,1H3,(H2,13,14);1H. The van der Waals surface area contributed by atoms with Gasteiger partial charge in [-0.25, -0.2) is 4.98 Å². The molecular formula is C12H18ClN3O2.